The van der Waals surface area contributed by atoms with Gasteiger partial charge in [-0.2, -0.15) is 5.26 Å². The number of aromatic nitrogens is 1. The van der Waals surface area contributed by atoms with Crippen LogP contribution in [0.1, 0.15) is 23.2 Å². The maximum Gasteiger partial charge on any atom is 0.261 e. The number of hydrogen-bond acceptors (Lipinski definition) is 3. The largest absolute Gasteiger partial charge is 0.385 e. The fourth-order valence-corrected chi connectivity index (χ4v) is 3.64. The van der Waals surface area contributed by atoms with E-state index in [4.69, 9.17) is 16.3 Å². The molecule has 0 unspecified atom stereocenters. The van der Waals surface area contributed by atoms with E-state index in [1.54, 1.807) is 13.2 Å². The average molecular weight is 422 g/mol. The summed E-state index contributed by atoms with van der Waals surface area (Å²) in [7, 11) is 1.61. The molecule has 30 heavy (non-hydrogen) atoms. The van der Waals surface area contributed by atoms with Gasteiger partial charge < -0.3 is 14.6 Å². The minimum absolute atomic E-state index is 0.0798. The Labute approximate surface area is 181 Å². The van der Waals surface area contributed by atoms with Gasteiger partial charge in [-0.3, -0.25) is 4.79 Å². The van der Waals surface area contributed by atoms with Crippen LogP contribution in [0.4, 0.5) is 0 Å². The summed E-state index contributed by atoms with van der Waals surface area (Å²) in [6, 6.07) is 17.8. The first-order chi connectivity index (χ1) is 14.6. The van der Waals surface area contributed by atoms with E-state index in [1.165, 1.54) is 0 Å². The first kappa shape index (κ1) is 21.6. The molecule has 3 aromatic rings. The van der Waals surface area contributed by atoms with Gasteiger partial charge in [0.2, 0.25) is 0 Å². The molecule has 0 saturated carbocycles. The number of carbonyl (C=O) groups is 1. The summed E-state index contributed by atoms with van der Waals surface area (Å²) < 4.78 is 7.15. The number of carbonyl (C=O) groups excluding carboxylic acids is 1. The fraction of sp³-hybridized carbons (Fsp3) is 0.250. The number of nitrogens with zero attached hydrogens (tertiary/aromatic N) is 2. The third-order valence-corrected chi connectivity index (χ3v) is 5.40. The van der Waals surface area contributed by atoms with E-state index in [0.29, 0.717) is 31.1 Å². The number of benzene rings is 2. The zero-order valence-electron chi connectivity index (χ0n) is 17.1. The van der Waals surface area contributed by atoms with Crippen molar-refractivity contribution in [3.63, 3.8) is 0 Å². The first-order valence-electron chi connectivity index (χ1n) is 9.77. The Morgan fingerprint density at radius 1 is 1.23 bits per heavy atom. The van der Waals surface area contributed by atoms with Crippen molar-refractivity contribution < 1.29 is 9.53 Å². The average Bonchev–Trinajstić information content (AvgIpc) is 3.02. The highest BCUT2D eigenvalue weighted by Crippen LogP contribution is 2.29. The summed E-state index contributed by atoms with van der Waals surface area (Å²) in [5, 5.41) is 14.0. The molecule has 3 rings (SSSR count). The normalized spacial score (nSPS) is 11.5. The van der Waals surface area contributed by atoms with Gasteiger partial charge >= 0.3 is 0 Å². The van der Waals surface area contributed by atoms with Crippen molar-refractivity contribution in [2.24, 2.45) is 0 Å². The number of para-hydroxylation sites is 1. The van der Waals surface area contributed by atoms with Crippen LogP contribution in [0, 0.1) is 18.3 Å². The Bertz CT molecular complexity index is 1130. The van der Waals surface area contributed by atoms with E-state index in [2.05, 4.69) is 9.88 Å². The zero-order valence-corrected chi connectivity index (χ0v) is 17.9. The van der Waals surface area contributed by atoms with Crippen LogP contribution in [-0.4, -0.2) is 30.7 Å². The Balaban J connectivity index is 1.99. The lowest BCUT2D eigenvalue weighted by Gasteiger charge is -2.10. The molecule has 0 saturated heterocycles. The third-order valence-electron chi connectivity index (χ3n) is 5.03. The number of fused-ring (bicyclic) bond motifs is 1. The van der Waals surface area contributed by atoms with E-state index in [0.717, 1.165) is 27.7 Å². The number of nitrogens with one attached hydrogen (secondary N) is 1. The number of amides is 1. The number of halogens is 1. The van der Waals surface area contributed by atoms with Gasteiger partial charge in [-0.1, -0.05) is 48.0 Å². The van der Waals surface area contributed by atoms with Crippen LogP contribution >= 0.6 is 11.6 Å². The van der Waals surface area contributed by atoms with Crippen LogP contribution < -0.4 is 5.32 Å². The molecule has 2 aromatic carbocycles. The third kappa shape index (κ3) is 4.73. The van der Waals surface area contributed by atoms with Gasteiger partial charge in [0.1, 0.15) is 11.6 Å². The Kier molecular flexibility index (Phi) is 7.29. The molecule has 0 radical (unpaired) electrons. The maximum atomic E-state index is 12.5. The van der Waals surface area contributed by atoms with Crippen molar-refractivity contribution in [3.8, 4) is 6.07 Å². The smallest absolute Gasteiger partial charge is 0.261 e. The lowest BCUT2D eigenvalue weighted by molar-refractivity contribution is -0.117. The SMILES string of the molecule is COCCCNC(=O)/C(C#N)=C/c1c(C)n(Cc2ccccc2Cl)c2ccccc12. The minimum Gasteiger partial charge on any atom is -0.385 e. The second-order valence-electron chi connectivity index (χ2n) is 6.97. The molecule has 0 aliphatic heterocycles. The topological polar surface area (TPSA) is 67.0 Å². The van der Waals surface area contributed by atoms with Gasteiger partial charge in [0.15, 0.2) is 0 Å². The second-order valence-corrected chi connectivity index (χ2v) is 7.37. The van der Waals surface area contributed by atoms with Crippen LogP contribution in [0.2, 0.25) is 5.02 Å². The summed E-state index contributed by atoms with van der Waals surface area (Å²) in [5.74, 6) is -0.379. The summed E-state index contributed by atoms with van der Waals surface area (Å²) >= 11 is 6.37. The molecule has 0 atom stereocenters. The minimum atomic E-state index is -0.379. The predicted octanol–water partition coefficient (Wildman–Crippen LogP) is 4.71. The van der Waals surface area contributed by atoms with Crippen LogP contribution in [0.15, 0.2) is 54.1 Å². The van der Waals surface area contributed by atoms with Gasteiger partial charge in [-0.15, -0.1) is 0 Å². The molecule has 0 spiro atoms. The van der Waals surface area contributed by atoms with E-state index in [9.17, 15) is 10.1 Å². The van der Waals surface area contributed by atoms with Crippen molar-refractivity contribution in [1.82, 2.24) is 9.88 Å². The van der Waals surface area contributed by atoms with Gasteiger partial charge in [-0.25, -0.2) is 0 Å². The van der Waals surface area contributed by atoms with Crippen molar-refractivity contribution in [3.05, 3.63) is 75.9 Å². The van der Waals surface area contributed by atoms with Gasteiger partial charge in [0.25, 0.3) is 5.91 Å². The number of hydrogen-bond donors (Lipinski definition) is 1. The summed E-state index contributed by atoms with van der Waals surface area (Å²) in [5.41, 5.74) is 3.95. The highest BCUT2D eigenvalue weighted by molar-refractivity contribution is 6.31. The van der Waals surface area contributed by atoms with Crippen molar-refractivity contribution >= 4 is 34.5 Å². The van der Waals surface area contributed by atoms with Gasteiger partial charge in [-0.05, 0) is 37.1 Å². The monoisotopic (exact) mass is 421 g/mol. The lowest BCUT2D eigenvalue weighted by atomic mass is 10.1. The van der Waals surface area contributed by atoms with E-state index in [1.807, 2.05) is 61.5 Å². The molecule has 0 aliphatic carbocycles. The lowest BCUT2D eigenvalue weighted by Crippen LogP contribution is -2.26. The summed E-state index contributed by atoms with van der Waals surface area (Å²) in [6.45, 7) is 3.61. The quantitative estimate of drug-likeness (QED) is 0.325. The van der Waals surface area contributed by atoms with E-state index in [-0.39, 0.29) is 11.5 Å². The summed E-state index contributed by atoms with van der Waals surface area (Å²) in [4.78, 5) is 12.5. The van der Waals surface area contributed by atoms with E-state index < -0.39 is 0 Å². The fourth-order valence-electron chi connectivity index (χ4n) is 3.45. The Hall–Kier alpha value is -3.07. The van der Waals surface area contributed by atoms with Crippen molar-refractivity contribution in [1.29, 1.82) is 5.26 Å². The van der Waals surface area contributed by atoms with Crippen LogP contribution in [0.5, 0.6) is 0 Å². The molecule has 1 heterocycles. The number of methoxy groups -OCH3 is 1. The number of rotatable bonds is 8. The summed E-state index contributed by atoms with van der Waals surface area (Å²) in [6.07, 6.45) is 2.36. The van der Waals surface area contributed by atoms with Gasteiger partial charge in [0, 0.05) is 54.0 Å². The standard InChI is InChI=1S/C24H24ClN3O2/c1-17-21(14-19(15-26)24(29)27-12-7-13-30-2)20-9-4-6-11-23(20)28(17)16-18-8-3-5-10-22(18)25/h3-6,8-11,14H,7,12-13,16H2,1-2H3,(H,27,29)/b19-14+. The number of ether oxygens (including phenoxy) is 1. The van der Waals surface area contributed by atoms with Crippen LogP contribution in [0.25, 0.3) is 17.0 Å². The number of nitriles is 1. The first-order valence-corrected chi connectivity index (χ1v) is 10.1. The zero-order chi connectivity index (χ0) is 21.5. The van der Waals surface area contributed by atoms with Gasteiger partial charge in [0.05, 0.1) is 0 Å². The van der Waals surface area contributed by atoms with Crippen LogP contribution in [-0.2, 0) is 16.1 Å². The maximum absolute atomic E-state index is 12.5. The molecule has 6 heteroatoms. The molecule has 0 bridgehead atoms. The Morgan fingerprint density at radius 3 is 2.70 bits per heavy atom. The molecule has 1 amide bonds. The molecule has 0 aliphatic rings. The molecule has 0 fully saturated rings. The molecular formula is C24H24ClN3O2. The molecule has 1 aromatic heterocycles. The molecular weight excluding hydrogens is 398 g/mol. The highest BCUT2D eigenvalue weighted by Gasteiger charge is 2.16. The second kappa shape index (κ2) is 10.1. The van der Waals surface area contributed by atoms with E-state index >= 15 is 0 Å². The van der Waals surface area contributed by atoms with Crippen LogP contribution in [0.3, 0.4) is 0 Å². The van der Waals surface area contributed by atoms with Crippen molar-refractivity contribution in [2.75, 3.05) is 20.3 Å². The Morgan fingerprint density at radius 2 is 1.97 bits per heavy atom. The molecule has 5 nitrogen and oxygen atoms in total. The van der Waals surface area contributed by atoms with Crippen molar-refractivity contribution in [2.45, 2.75) is 19.9 Å². The predicted molar refractivity (Wildman–Crippen MR) is 120 cm³/mol. The highest BCUT2D eigenvalue weighted by atomic mass is 35.5. The molecule has 154 valence electrons. The molecule has 1 N–H and O–H groups in total.